The Bertz CT molecular complexity index is 1670. The summed E-state index contributed by atoms with van der Waals surface area (Å²) in [6.07, 6.45) is 0. The van der Waals surface area contributed by atoms with E-state index in [9.17, 15) is 28.9 Å². The van der Waals surface area contributed by atoms with Gasteiger partial charge in [-0.25, -0.2) is 9.40 Å². The van der Waals surface area contributed by atoms with Crippen molar-refractivity contribution < 1.29 is 23.7 Å². The fourth-order valence-corrected chi connectivity index (χ4v) is 6.82. The third-order valence-electron chi connectivity index (χ3n) is 8.48. The molecule has 0 N–H and O–H groups in total. The van der Waals surface area contributed by atoms with Crippen LogP contribution in [0.1, 0.15) is 50.0 Å². The monoisotopic (exact) mass is 547 g/mol. The minimum atomic E-state index is -0.820. The van der Waals surface area contributed by atoms with Crippen molar-refractivity contribution in [3.05, 3.63) is 146 Å². The number of non-ortho nitro benzene ring substituents is 1. The number of carbonyl (C=O) groups excluding carboxylic acids is 3. The zero-order valence-corrected chi connectivity index (χ0v) is 21.5. The molecular formula is C32H22FN3O5. The van der Waals surface area contributed by atoms with Crippen LogP contribution in [0.15, 0.2) is 97.1 Å². The molecule has 0 unspecified atom stereocenters. The second kappa shape index (κ2) is 9.19. The van der Waals surface area contributed by atoms with E-state index in [2.05, 4.69) is 0 Å². The third kappa shape index (κ3) is 3.62. The molecule has 4 aromatic rings. The van der Waals surface area contributed by atoms with Gasteiger partial charge in [0.25, 0.3) is 23.4 Å². The molecule has 1 fully saturated rings. The van der Waals surface area contributed by atoms with Crippen molar-refractivity contribution in [2.75, 3.05) is 0 Å². The lowest BCUT2D eigenvalue weighted by Gasteiger charge is -2.45. The largest absolute Gasteiger partial charge is 0.273 e. The van der Waals surface area contributed by atoms with Gasteiger partial charge < -0.3 is 0 Å². The normalized spacial score (nSPS) is 21.7. The van der Waals surface area contributed by atoms with E-state index in [0.29, 0.717) is 0 Å². The molecular weight excluding hydrogens is 525 g/mol. The summed E-state index contributed by atoms with van der Waals surface area (Å²) in [6, 6.07) is 26.4. The number of hydrogen-bond acceptors (Lipinski definition) is 5. The van der Waals surface area contributed by atoms with Crippen molar-refractivity contribution in [1.82, 2.24) is 10.0 Å². The second-order valence-electron chi connectivity index (χ2n) is 10.5. The van der Waals surface area contributed by atoms with Crippen LogP contribution < -0.4 is 0 Å². The maximum Gasteiger partial charge on any atom is 0.273 e. The second-order valence-corrected chi connectivity index (χ2v) is 10.5. The van der Waals surface area contributed by atoms with Crippen LogP contribution in [-0.4, -0.2) is 32.7 Å². The molecule has 2 bridgehead atoms. The van der Waals surface area contributed by atoms with E-state index in [-0.39, 0.29) is 28.7 Å². The molecule has 1 heterocycles. The average Bonchev–Trinajstić information content (AvgIpc) is 3.26. The summed E-state index contributed by atoms with van der Waals surface area (Å²) in [5.74, 6) is -4.80. The number of halogens is 1. The molecule has 0 spiro atoms. The summed E-state index contributed by atoms with van der Waals surface area (Å²) in [4.78, 5) is 53.3. The Kier molecular flexibility index (Phi) is 5.57. The molecule has 0 radical (unpaired) electrons. The molecule has 3 amide bonds. The molecule has 0 saturated carbocycles. The van der Waals surface area contributed by atoms with Gasteiger partial charge in [0, 0.05) is 35.1 Å². The Morgan fingerprint density at radius 1 is 0.780 bits per heavy atom. The highest BCUT2D eigenvalue weighted by Gasteiger charge is 2.63. The van der Waals surface area contributed by atoms with Crippen LogP contribution in [-0.2, 0) is 16.1 Å². The minimum absolute atomic E-state index is 0.0938. The standard InChI is InChI=1S/C32H22FN3O5/c33-25-15-6-1-8-19(25)17-34(30(37)18-9-7-10-20(16-18)36(40)41)35-31(38)28-26-21-11-2-3-12-22(21)27(29(28)32(35)39)24-14-5-4-13-23(24)26/h1-16,26-29H,17H2/t26?,27?,28-,29+. The van der Waals surface area contributed by atoms with E-state index in [0.717, 1.165) is 38.3 Å². The van der Waals surface area contributed by atoms with Crippen molar-refractivity contribution in [2.45, 2.75) is 18.4 Å². The van der Waals surface area contributed by atoms with Crippen LogP contribution in [0.25, 0.3) is 0 Å². The molecule has 2 atom stereocenters. The Hall–Kier alpha value is -5.18. The van der Waals surface area contributed by atoms with Crippen LogP contribution in [0.2, 0.25) is 0 Å². The van der Waals surface area contributed by atoms with Crippen LogP contribution in [0.5, 0.6) is 0 Å². The van der Waals surface area contributed by atoms with Gasteiger partial charge in [0.2, 0.25) is 0 Å². The maximum atomic E-state index is 14.8. The van der Waals surface area contributed by atoms with Crippen LogP contribution >= 0.6 is 0 Å². The summed E-state index contributed by atoms with van der Waals surface area (Å²) in [6.45, 7) is -0.416. The molecule has 0 aromatic heterocycles. The van der Waals surface area contributed by atoms with E-state index in [1.54, 1.807) is 6.07 Å². The number of imide groups is 1. The molecule has 8 rings (SSSR count). The van der Waals surface area contributed by atoms with Gasteiger partial charge in [0.1, 0.15) is 5.82 Å². The van der Waals surface area contributed by atoms with E-state index in [1.807, 2.05) is 48.5 Å². The molecule has 3 aliphatic carbocycles. The van der Waals surface area contributed by atoms with Gasteiger partial charge in [-0.1, -0.05) is 72.8 Å². The summed E-state index contributed by atoms with van der Waals surface area (Å²) in [5.41, 5.74) is 3.59. The first kappa shape index (κ1) is 24.8. The fraction of sp³-hybridized carbons (Fsp3) is 0.156. The molecule has 8 nitrogen and oxygen atoms in total. The third-order valence-corrected chi connectivity index (χ3v) is 8.48. The zero-order chi connectivity index (χ0) is 28.4. The summed E-state index contributed by atoms with van der Waals surface area (Å²) in [5, 5.41) is 13.2. The molecule has 1 aliphatic heterocycles. The lowest BCUT2D eigenvalue weighted by molar-refractivity contribution is -0.384. The Balaban J connectivity index is 1.36. The number of nitro benzene ring substituents is 1. The average molecular weight is 548 g/mol. The smallest absolute Gasteiger partial charge is 0.272 e. The van der Waals surface area contributed by atoms with Crippen molar-refractivity contribution in [2.24, 2.45) is 11.8 Å². The predicted octanol–water partition coefficient (Wildman–Crippen LogP) is 5.18. The van der Waals surface area contributed by atoms with Gasteiger partial charge in [0.05, 0.1) is 23.3 Å². The Morgan fingerprint density at radius 3 is 1.80 bits per heavy atom. The lowest BCUT2D eigenvalue weighted by Crippen LogP contribution is -2.50. The number of amides is 3. The number of nitrogens with zero attached hydrogens (tertiary/aromatic N) is 3. The topological polar surface area (TPSA) is 101 Å². The van der Waals surface area contributed by atoms with Gasteiger partial charge >= 0.3 is 0 Å². The first-order chi connectivity index (χ1) is 19.9. The summed E-state index contributed by atoms with van der Waals surface area (Å²) >= 11 is 0. The van der Waals surface area contributed by atoms with Crippen molar-refractivity contribution in [3.8, 4) is 0 Å². The van der Waals surface area contributed by atoms with Gasteiger partial charge in [-0.15, -0.1) is 0 Å². The Morgan fingerprint density at radius 2 is 1.29 bits per heavy atom. The van der Waals surface area contributed by atoms with E-state index in [1.165, 1.54) is 36.4 Å². The first-order valence-corrected chi connectivity index (χ1v) is 13.2. The molecule has 202 valence electrons. The van der Waals surface area contributed by atoms with E-state index >= 15 is 0 Å². The summed E-state index contributed by atoms with van der Waals surface area (Å²) in [7, 11) is 0. The summed E-state index contributed by atoms with van der Waals surface area (Å²) < 4.78 is 14.8. The Labute approximate surface area is 233 Å². The number of rotatable bonds is 5. The highest BCUT2D eigenvalue weighted by molar-refractivity contribution is 6.09. The van der Waals surface area contributed by atoms with Crippen LogP contribution in [0, 0.1) is 27.8 Å². The number of hydrogen-bond donors (Lipinski definition) is 0. The van der Waals surface area contributed by atoms with Gasteiger partial charge in [-0.3, -0.25) is 24.5 Å². The van der Waals surface area contributed by atoms with Crippen LogP contribution in [0.3, 0.4) is 0 Å². The lowest BCUT2D eigenvalue weighted by atomic mass is 9.55. The fourth-order valence-electron chi connectivity index (χ4n) is 6.82. The number of carbonyl (C=O) groups is 3. The number of hydrazine groups is 1. The van der Waals surface area contributed by atoms with Gasteiger partial charge in [-0.05, 0) is 34.4 Å². The van der Waals surface area contributed by atoms with Crippen molar-refractivity contribution in [3.63, 3.8) is 0 Å². The zero-order valence-electron chi connectivity index (χ0n) is 21.5. The van der Waals surface area contributed by atoms with E-state index < -0.39 is 46.8 Å². The minimum Gasteiger partial charge on any atom is -0.272 e. The number of nitro groups is 1. The van der Waals surface area contributed by atoms with E-state index in [4.69, 9.17) is 0 Å². The number of benzene rings is 4. The highest BCUT2D eigenvalue weighted by atomic mass is 19.1. The first-order valence-electron chi connectivity index (χ1n) is 13.2. The SMILES string of the molecule is O=C(c1cccc([N+](=O)[O-])c1)N(Cc1ccccc1F)N1C(=O)[C@@H]2C3c4ccccc4C(c4ccccc43)[C@@H]2C1=O. The molecule has 41 heavy (non-hydrogen) atoms. The van der Waals surface area contributed by atoms with Crippen molar-refractivity contribution >= 4 is 23.4 Å². The molecule has 9 heteroatoms. The maximum absolute atomic E-state index is 14.8. The quantitative estimate of drug-likeness (QED) is 0.195. The molecule has 4 aliphatic rings. The van der Waals surface area contributed by atoms with Gasteiger partial charge in [0.15, 0.2) is 0 Å². The molecule has 4 aromatic carbocycles. The molecule has 1 saturated heterocycles. The van der Waals surface area contributed by atoms with Crippen molar-refractivity contribution in [1.29, 1.82) is 0 Å². The van der Waals surface area contributed by atoms with Gasteiger partial charge in [-0.2, -0.15) is 5.01 Å². The highest BCUT2D eigenvalue weighted by Crippen LogP contribution is 2.61. The van der Waals surface area contributed by atoms with Crippen LogP contribution in [0.4, 0.5) is 10.1 Å². The predicted molar refractivity (Wildman–Crippen MR) is 145 cm³/mol.